The van der Waals surface area contributed by atoms with Gasteiger partial charge >= 0.3 is 0 Å². The predicted molar refractivity (Wildman–Crippen MR) is 82.4 cm³/mol. The maximum atomic E-state index is 12.5. The summed E-state index contributed by atoms with van der Waals surface area (Å²) in [6, 6.07) is 10.3. The number of amides is 1. The second kappa shape index (κ2) is 6.89. The van der Waals surface area contributed by atoms with Crippen LogP contribution in [-0.4, -0.2) is 18.5 Å². The van der Waals surface area contributed by atoms with Crippen LogP contribution in [0.2, 0.25) is 0 Å². The molecular formula is C17H26N2O. The van der Waals surface area contributed by atoms with Crippen molar-refractivity contribution in [3.05, 3.63) is 35.9 Å². The third-order valence-corrected chi connectivity index (χ3v) is 4.18. The number of hydrogen-bond donors (Lipinski definition) is 2. The number of hydrogen-bond acceptors (Lipinski definition) is 2. The maximum absolute atomic E-state index is 12.5. The molecule has 0 aliphatic carbocycles. The minimum absolute atomic E-state index is 0.0475. The van der Waals surface area contributed by atoms with Gasteiger partial charge in [0.15, 0.2) is 0 Å². The first-order valence-electron chi connectivity index (χ1n) is 7.68. The number of benzene rings is 1. The van der Waals surface area contributed by atoms with Crippen LogP contribution in [0.5, 0.6) is 0 Å². The molecule has 20 heavy (non-hydrogen) atoms. The molecule has 1 heterocycles. The predicted octanol–water partition coefficient (Wildman–Crippen LogP) is 2.89. The van der Waals surface area contributed by atoms with E-state index in [0.29, 0.717) is 11.8 Å². The molecule has 1 aromatic carbocycles. The van der Waals surface area contributed by atoms with E-state index in [1.54, 1.807) is 0 Å². The van der Waals surface area contributed by atoms with E-state index in [4.69, 9.17) is 0 Å². The summed E-state index contributed by atoms with van der Waals surface area (Å²) < 4.78 is 0. The molecule has 1 aliphatic rings. The van der Waals surface area contributed by atoms with Crippen LogP contribution in [0.4, 0.5) is 0 Å². The molecule has 2 N–H and O–H groups in total. The number of rotatable bonds is 4. The Morgan fingerprint density at radius 3 is 2.60 bits per heavy atom. The van der Waals surface area contributed by atoms with Gasteiger partial charge in [0.2, 0.25) is 5.91 Å². The van der Waals surface area contributed by atoms with Gasteiger partial charge in [-0.25, -0.2) is 0 Å². The van der Waals surface area contributed by atoms with Crippen LogP contribution >= 0.6 is 0 Å². The van der Waals surface area contributed by atoms with E-state index in [2.05, 4.69) is 43.5 Å². The molecule has 1 saturated heterocycles. The summed E-state index contributed by atoms with van der Waals surface area (Å²) in [5.74, 6) is 0.923. The fourth-order valence-corrected chi connectivity index (χ4v) is 2.94. The Labute approximate surface area is 122 Å². The molecule has 3 heteroatoms. The zero-order chi connectivity index (χ0) is 14.5. The van der Waals surface area contributed by atoms with Crippen LogP contribution in [0.25, 0.3) is 0 Å². The Hall–Kier alpha value is -1.35. The molecule has 0 spiro atoms. The zero-order valence-electron chi connectivity index (χ0n) is 12.7. The van der Waals surface area contributed by atoms with Crippen molar-refractivity contribution in [3.8, 4) is 0 Å². The third kappa shape index (κ3) is 3.60. The van der Waals surface area contributed by atoms with E-state index >= 15 is 0 Å². The summed E-state index contributed by atoms with van der Waals surface area (Å²) >= 11 is 0. The summed E-state index contributed by atoms with van der Waals surface area (Å²) in [5.41, 5.74) is 1.18. The minimum Gasteiger partial charge on any atom is -0.348 e. The average Bonchev–Trinajstić information content (AvgIpc) is 2.45. The number of nitrogens with one attached hydrogen (secondary N) is 2. The lowest BCUT2D eigenvalue weighted by Gasteiger charge is -2.32. The maximum Gasteiger partial charge on any atom is 0.237 e. The molecule has 0 saturated carbocycles. The zero-order valence-corrected chi connectivity index (χ0v) is 12.7. The molecule has 1 aromatic rings. The lowest BCUT2D eigenvalue weighted by Crippen LogP contribution is -2.52. The van der Waals surface area contributed by atoms with Gasteiger partial charge in [0, 0.05) is 0 Å². The van der Waals surface area contributed by atoms with Gasteiger partial charge in [-0.3, -0.25) is 4.79 Å². The fraction of sp³-hybridized carbons (Fsp3) is 0.588. The largest absolute Gasteiger partial charge is 0.348 e. The van der Waals surface area contributed by atoms with Crippen molar-refractivity contribution in [2.45, 2.75) is 45.7 Å². The Morgan fingerprint density at radius 2 is 2.00 bits per heavy atom. The van der Waals surface area contributed by atoms with Crippen molar-refractivity contribution in [2.24, 2.45) is 11.8 Å². The first-order chi connectivity index (χ1) is 9.59. The fourth-order valence-electron chi connectivity index (χ4n) is 2.94. The summed E-state index contributed by atoms with van der Waals surface area (Å²) in [7, 11) is 0. The Morgan fingerprint density at radius 1 is 1.30 bits per heavy atom. The molecule has 0 aromatic heterocycles. The number of piperidine rings is 1. The van der Waals surface area contributed by atoms with Crippen molar-refractivity contribution >= 4 is 5.91 Å². The van der Waals surface area contributed by atoms with Crippen molar-refractivity contribution in [2.75, 3.05) is 6.54 Å². The Kier molecular flexibility index (Phi) is 5.18. The molecule has 110 valence electrons. The molecule has 3 unspecified atom stereocenters. The van der Waals surface area contributed by atoms with E-state index in [1.165, 1.54) is 5.56 Å². The smallest absolute Gasteiger partial charge is 0.237 e. The van der Waals surface area contributed by atoms with Gasteiger partial charge in [-0.05, 0) is 36.8 Å². The van der Waals surface area contributed by atoms with Crippen LogP contribution in [0.1, 0.15) is 45.2 Å². The van der Waals surface area contributed by atoms with E-state index in [1.807, 2.05) is 18.2 Å². The topological polar surface area (TPSA) is 41.1 Å². The van der Waals surface area contributed by atoms with E-state index in [9.17, 15) is 4.79 Å². The summed E-state index contributed by atoms with van der Waals surface area (Å²) in [6.07, 6.45) is 2.29. The Balaban J connectivity index is 2.06. The van der Waals surface area contributed by atoms with Gasteiger partial charge < -0.3 is 10.6 Å². The lowest BCUT2D eigenvalue weighted by atomic mass is 9.90. The second-order valence-corrected chi connectivity index (χ2v) is 6.19. The Bertz CT molecular complexity index is 430. The molecular weight excluding hydrogens is 248 g/mol. The van der Waals surface area contributed by atoms with Gasteiger partial charge in [0.1, 0.15) is 0 Å². The van der Waals surface area contributed by atoms with Crippen LogP contribution < -0.4 is 10.6 Å². The molecule has 0 radical (unpaired) electrons. The van der Waals surface area contributed by atoms with Crippen molar-refractivity contribution in [1.29, 1.82) is 0 Å². The van der Waals surface area contributed by atoms with E-state index in [-0.39, 0.29) is 18.0 Å². The second-order valence-electron chi connectivity index (χ2n) is 6.19. The molecule has 0 bridgehead atoms. The SMILES string of the molecule is CC(C)C(NC(=O)C1NCCCC1C)c1ccccc1. The van der Waals surface area contributed by atoms with Crippen LogP contribution in [0.15, 0.2) is 30.3 Å². The van der Waals surface area contributed by atoms with Gasteiger partial charge in [-0.1, -0.05) is 51.1 Å². The first kappa shape index (κ1) is 15.0. The number of carbonyl (C=O) groups excluding carboxylic acids is 1. The third-order valence-electron chi connectivity index (χ3n) is 4.18. The van der Waals surface area contributed by atoms with Crippen molar-refractivity contribution in [3.63, 3.8) is 0 Å². The van der Waals surface area contributed by atoms with Crippen molar-refractivity contribution in [1.82, 2.24) is 10.6 Å². The highest BCUT2D eigenvalue weighted by Gasteiger charge is 2.29. The van der Waals surface area contributed by atoms with Crippen LogP contribution in [-0.2, 0) is 4.79 Å². The quantitative estimate of drug-likeness (QED) is 0.886. The number of carbonyl (C=O) groups is 1. The van der Waals surface area contributed by atoms with Crippen LogP contribution in [0.3, 0.4) is 0 Å². The molecule has 3 atom stereocenters. The molecule has 2 rings (SSSR count). The highest BCUT2D eigenvalue weighted by molar-refractivity contribution is 5.82. The van der Waals surface area contributed by atoms with Gasteiger partial charge in [-0.15, -0.1) is 0 Å². The highest BCUT2D eigenvalue weighted by atomic mass is 16.2. The van der Waals surface area contributed by atoms with Gasteiger partial charge in [0.25, 0.3) is 0 Å². The molecule has 3 nitrogen and oxygen atoms in total. The van der Waals surface area contributed by atoms with Gasteiger partial charge in [0.05, 0.1) is 12.1 Å². The monoisotopic (exact) mass is 274 g/mol. The highest BCUT2D eigenvalue weighted by Crippen LogP contribution is 2.23. The standard InChI is InChI=1S/C17H26N2O/c1-12(2)15(14-9-5-4-6-10-14)19-17(20)16-13(3)8-7-11-18-16/h4-6,9-10,12-13,15-16,18H,7-8,11H2,1-3H3,(H,19,20). The van der Waals surface area contributed by atoms with E-state index < -0.39 is 0 Å². The summed E-state index contributed by atoms with van der Waals surface area (Å²) in [4.78, 5) is 12.5. The summed E-state index contributed by atoms with van der Waals surface area (Å²) in [5, 5.41) is 6.58. The normalized spacial score (nSPS) is 24.4. The van der Waals surface area contributed by atoms with Crippen molar-refractivity contribution < 1.29 is 4.79 Å². The average molecular weight is 274 g/mol. The van der Waals surface area contributed by atoms with Crippen LogP contribution in [0, 0.1) is 11.8 Å². The van der Waals surface area contributed by atoms with Gasteiger partial charge in [-0.2, -0.15) is 0 Å². The molecule has 1 amide bonds. The van der Waals surface area contributed by atoms with E-state index in [0.717, 1.165) is 19.4 Å². The lowest BCUT2D eigenvalue weighted by molar-refractivity contribution is -0.126. The molecule has 1 aliphatic heterocycles. The first-order valence-corrected chi connectivity index (χ1v) is 7.68. The summed E-state index contributed by atoms with van der Waals surface area (Å²) in [6.45, 7) is 7.40. The minimum atomic E-state index is -0.0475. The molecule has 1 fully saturated rings.